The van der Waals surface area contributed by atoms with Crippen molar-refractivity contribution in [3.8, 4) is 0 Å². The maximum absolute atomic E-state index is 11.1. The number of carboxylic acids is 1. The molecule has 0 radical (unpaired) electrons. The molecule has 0 amide bonds. The minimum absolute atomic E-state index is 0.197. The van der Waals surface area contributed by atoms with Gasteiger partial charge in [0.2, 0.25) is 0 Å². The lowest BCUT2D eigenvalue weighted by atomic mass is 9.48. The Morgan fingerprint density at radius 1 is 1.12 bits per heavy atom. The second-order valence-electron chi connectivity index (χ2n) is 6.84. The van der Waals surface area contributed by atoms with Crippen LogP contribution in [0.2, 0.25) is 0 Å². The van der Waals surface area contributed by atoms with Crippen molar-refractivity contribution in [1.82, 2.24) is 0 Å². The highest BCUT2D eigenvalue weighted by atomic mass is 16.4. The van der Waals surface area contributed by atoms with Gasteiger partial charge in [-0.2, -0.15) is 0 Å². The van der Waals surface area contributed by atoms with Crippen LogP contribution in [0.1, 0.15) is 44.9 Å². The van der Waals surface area contributed by atoms with Gasteiger partial charge in [0.25, 0.3) is 0 Å². The third-order valence-electron chi connectivity index (χ3n) is 5.41. The lowest BCUT2D eigenvalue weighted by molar-refractivity contribution is -0.147. The monoisotopic (exact) mass is 238 g/mol. The smallest absolute Gasteiger partial charge is 0.308 e. The highest BCUT2D eigenvalue weighted by Crippen LogP contribution is 2.61. The first-order valence-corrected chi connectivity index (χ1v) is 6.94. The zero-order valence-electron chi connectivity index (χ0n) is 10.3. The Labute approximate surface area is 102 Å². The molecule has 0 saturated heterocycles. The molecule has 3 heteroatoms. The second-order valence-corrected chi connectivity index (χ2v) is 6.84. The molecule has 4 saturated carbocycles. The normalized spacial score (nSPS) is 44.9. The number of aliphatic carboxylic acids is 1. The van der Waals surface area contributed by atoms with Crippen LogP contribution < -0.4 is 0 Å². The predicted octanol–water partition coefficient (Wildman–Crippen LogP) is 2.29. The Bertz CT molecular complexity index is 288. The zero-order valence-corrected chi connectivity index (χ0v) is 10.3. The minimum atomic E-state index is -0.816. The van der Waals surface area contributed by atoms with E-state index in [-0.39, 0.29) is 12.0 Å². The Balaban J connectivity index is 1.75. The summed E-state index contributed by atoms with van der Waals surface area (Å²) in [5, 5.41) is 18.3. The number of hydrogen-bond acceptors (Lipinski definition) is 2. The van der Waals surface area contributed by atoms with Crippen LogP contribution in [-0.2, 0) is 4.79 Å². The Hall–Kier alpha value is -0.570. The lowest BCUT2D eigenvalue weighted by Crippen LogP contribution is -2.47. The van der Waals surface area contributed by atoms with Gasteiger partial charge in [-0.25, -0.2) is 0 Å². The molecule has 4 bridgehead atoms. The van der Waals surface area contributed by atoms with Gasteiger partial charge < -0.3 is 10.2 Å². The predicted molar refractivity (Wildman–Crippen MR) is 63.4 cm³/mol. The molecule has 4 aliphatic rings. The van der Waals surface area contributed by atoms with E-state index in [0.717, 1.165) is 17.8 Å². The van der Waals surface area contributed by atoms with Crippen molar-refractivity contribution < 1.29 is 15.0 Å². The van der Waals surface area contributed by atoms with Gasteiger partial charge in [-0.1, -0.05) is 0 Å². The summed E-state index contributed by atoms with van der Waals surface area (Å²) in [7, 11) is 0. The Morgan fingerprint density at radius 2 is 1.59 bits per heavy atom. The summed E-state index contributed by atoms with van der Waals surface area (Å²) in [5.41, 5.74) is 0.264. The quantitative estimate of drug-likeness (QED) is 0.790. The number of hydrogen-bond donors (Lipinski definition) is 2. The number of carbonyl (C=O) groups is 1. The molecule has 0 spiro atoms. The summed E-state index contributed by atoms with van der Waals surface area (Å²) in [4.78, 5) is 11.1. The van der Waals surface area contributed by atoms with Crippen LogP contribution in [0.15, 0.2) is 0 Å². The number of aliphatic hydroxyl groups excluding tert-OH is 1. The molecule has 4 fully saturated rings. The van der Waals surface area contributed by atoms with Crippen molar-refractivity contribution >= 4 is 5.97 Å². The van der Waals surface area contributed by atoms with Gasteiger partial charge >= 0.3 is 5.97 Å². The molecule has 1 unspecified atom stereocenters. The van der Waals surface area contributed by atoms with E-state index in [0.29, 0.717) is 6.42 Å². The summed E-state index contributed by atoms with van der Waals surface area (Å²) in [5.74, 6) is 1.22. The van der Waals surface area contributed by atoms with Crippen LogP contribution in [0.3, 0.4) is 0 Å². The van der Waals surface area contributed by atoms with E-state index in [1.807, 2.05) is 0 Å². The summed E-state index contributed by atoms with van der Waals surface area (Å²) in [6, 6.07) is 0. The average molecular weight is 238 g/mol. The fourth-order valence-corrected chi connectivity index (χ4v) is 5.29. The van der Waals surface area contributed by atoms with Crippen molar-refractivity contribution in [3.63, 3.8) is 0 Å². The third-order valence-corrected chi connectivity index (χ3v) is 5.41. The molecule has 0 heterocycles. The van der Waals surface area contributed by atoms with Gasteiger partial charge in [-0.15, -0.1) is 0 Å². The Kier molecular flexibility index (Phi) is 2.69. The van der Waals surface area contributed by atoms with E-state index < -0.39 is 11.9 Å². The van der Waals surface area contributed by atoms with Gasteiger partial charge in [0.1, 0.15) is 0 Å². The first-order chi connectivity index (χ1) is 8.10. The minimum Gasteiger partial charge on any atom is -0.481 e. The fraction of sp³-hybridized carbons (Fsp3) is 0.929. The summed E-state index contributed by atoms with van der Waals surface area (Å²) < 4.78 is 0. The summed E-state index contributed by atoms with van der Waals surface area (Å²) in [6.45, 7) is -0.197. The molecule has 0 aliphatic heterocycles. The highest BCUT2D eigenvalue weighted by molar-refractivity contribution is 5.70. The van der Waals surface area contributed by atoms with Crippen LogP contribution in [0.5, 0.6) is 0 Å². The number of aliphatic hydroxyl groups is 1. The van der Waals surface area contributed by atoms with Crippen molar-refractivity contribution in [2.75, 3.05) is 6.61 Å². The fourth-order valence-electron chi connectivity index (χ4n) is 5.29. The van der Waals surface area contributed by atoms with Crippen molar-refractivity contribution in [2.24, 2.45) is 29.1 Å². The van der Waals surface area contributed by atoms with Crippen molar-refractivity contribution in [3.05, 3.63) is 0 Å². The largest absolute Gasteiger partial charge is 0.481 e. The van der Waals surface area contributed by atoms with Crippen LogP contribution in [0, 0.1) is 29.1 Å². The molecule has 2 N–H and O–H groups in total. The van der Waals surface area contributed by atoms with E-state index in [4.69, 9.17) is 5.11 Å². The average Bonchev–Trinajstić information content (AvgIpc) is 2.23. The topological polar surface area (TPSA) is 57.5 Å². The molecule has 3 nitrogen and oxygen atoms in total. The SMILES string of the molecule is O=C(O)C(CO)CC12CC3CC(CC(C3)C1)C2. The summed E-state index contributed by atoms with van der Waals surface area (Å²) in [6.07, 6.45) is 8.54. The molecule has 4 aliphatic carbocycles. The number of rotatable bonds is 4. The van der Waals surface area contributed by atoms with Crippen LogP contribution in [-0.4, -0.2) is 22.8 Å². The molecule has 4 rings (SSSR count). The Morgan fingerprint density at radius 3 is 1.94 bits per heavy atom. The maximum atomic E-state index is 11.1. The molecular formula is C14H22O3. The van der Waals surface area contributed by atoms with Crippen LogP contribution in [0.25, 0.3) is 0 Å². The van der Waals surface area contributed by atoms with E-state index in [1.54, 1.807) is 0 Å². The van der Waals surface area contributed by atoms with Crippen molar-refractivity contribution in [2.45, 2.75) is 44.9 Å². The molecule has 0 aromatic carbocycles. The maximum Gasteiger partial charge on any atom is 0.308 e. The highest BCUT2D eigenvalue weighted by Gasteiger charge is 2.51. The standard InChI is InChI=1S/C14H22O3/c15-8-12(13(16)17)7-14-4-9-1-10(5-14)3-11(2-9)6-14/h9-12,15H,1-8H2,(H,16,17). The van der Waals surface area contributed by atoms with Gasteiger partial charge in [-0.05, 0) is 68.1 Å². The number of carboxylic acid groups (broad SMARTS) is 1. The van der Waals surface area contributed by atoms with Gasteiger partial charge in [0, 0.05) is 0 Å². The van der Waals surface area contributed by atoms with Crippen LogP contribution in [0.4, 0.5) is 0 Å². The van der Waals surface area contributed by atoms with E-state index >= 15 is 0 Å². The zero-order chi connectivity index (χ0) is 12.0. The lowest BCUT2D eigenvalue weighted by Gasteiger charge is -2.57. The molecule has 96 valence electrons. The van der Waals surface area contributed by atoms with E-state index in [2.05, 4.69) is 0 Å². The third kappa shape index (κ3) is 1.99. The summed E-state index contributed by atoms with van der Waals surface area (Å²) >= 11 is 0. The van der Waals surface area contributed by atoms with E-state index in [9.17, 15) is 9.90 Å². The molecule has 0 aromatic heterocycles. The van der Waals surface area contributed by atoms with Gasteiger partial charge in [0.15, 0.2) is 0 Å². The molecular weight excluding hydrogens is 216 g/mol. The van der Waals surface area contributed by atoms with Gasteiger partial charge in [-0.3, -0.25) is 4.79 Å². The van der Waals surface area contributed by atoms with Gasteiger partial charge in [0.05, 0.1) is 12.5 Å². The van der Waals surface area contributed by atoms with E-state index in [1.165, 1.54) is 38.5 Å². The molecule has 0 aromatic rings. The van der Waals surface area contributed by atoms with Crippen molar-refractivity contribution in [1.29, 1.82) is 0 Å². The first-order valence-electron chi connectivity index (χ1n) is 6.94. The first kappa shape index (κ1) is 11.5. The van der Waals surface area contributed by atoms with Crippen LogP contribution >= 0.6 is 0 Å². The second kappa shape index (κ2) is 3.98. The molecule has 17 heavy (non-hydrogen) atoms. The molecule has 1 atom stereocenters.